The number of carbonyl (C=O) groups excluding carboxylic acids is 1. The maximum Gasteiger partial charge on any atom is 0.271 e. The van der Waals surface area contributed by atoms with Gasteiger partial charge < -0.3 is 5.32 Å². The van der Waals surface area contributed by atoms with Gasteiger partial charge in [-0.3, -0.25) is 20.4 Å². The quantitative estimate of drug-likeness (QED) is 0.341. The molecule has 0 fully saturated rings. The highest BCUT2D eigenvalue weighted by atomic mass is 32.2. The van der Waals surface area contributed by atoms with Gasteiger partial charge in [0.05, 0.1) is 11.3 Å². The summed E-state index contributed by atoms with van der Waals surface area (Å²) in [5, 5.41) is 4.89. The minimum atomic E-state index is -3.78. The predicted molar refractivity (Wildman–Crippen MR) is 124 cm³/mol. The van der Waals surface area contributed by atoms with Crippen LogP contribution in [0.5, 0.6) is 0 Å². The molecule has 1 heterocycles. The summed E-state index contributed by atoms with van der Waals surface area (Å²) in [6, 6.07) is 15.2. The van der Waals surface area contributed by atoms with Crippen LogP contribution in [0, 0.1) is 13.8 Å². The van der Waals surface area contributed by atoms with Gasteiger partial charge in [0.25, 0.3) is 15.9 Å². The molecule has 3 aromatic rings. The molecule has 0 unspecified atom stereocenters. The second-order valence-corrected chi connectivity index (χ2v) is 9.63. The smallest absolute Gasteiger partial charge is 0.271 e. The molecule has 0 saturated carbocycles. The number of thiocarbonyl (C=S) groups is 1. The summed E-state index contributed by atoms with van der Waals surface area (Å²) in [6.45, 7) is 3.96. The summed E-state index contributed by atoms with van der Waals surface area (Å²) in [6.07, 6.45) is 0. The highest BCUT2D eigenvalue weighted by Gasteiger charge is 2.19. The van der Waals surface area contributed by atoms with Crippen LogP contribution in [0.2, 0.25) is 0 Å². The minimum absolute atomic E-state index is 0.152. The van der Waals surface area contributed by atoms with E-state index in [1.165, 1.54) is 18.2 Å². The molecule has 10 heteroatoms. The summed E-state index contributed by atoms with van der Waals surface area (Å²) < 4.78 is 27.6. The number of hydrogen-bond donors (Lipinski definition) is 4. The molecule has 0 saturated heterocycles. The Morgan fingerprint density at radius 1 is 0.933 bits per heavy atom. The molecule has 0 radical (unpaired) electrons. The van der Waals surface area contributed by atoms with Crippen LogP contribution in [0.4, 0.5) is 11.4 Å². The summed E-state index contributed by atoms with van der Waals surface area (Å²) in [5.74, 6) is -0.537. The molecule has 0 aliphatic heterocycles. The van der Waals surface area contributed by atoms with Crippen LogP contribution >= 0.6 is 23.6 Å². The number of aryl methyl sites for hydroxylation is 1. The van der Waals surface area contributed by atoms with E-state index in [1.807, 2.05) is 32.0 Å². The number of benzene rings is 2. The van der Waals surface area contributed by atoms with Crippen LogP contribution in [0.3, 0.4) is 0 Å². The lowest BCUT2D eigenvalue weighted by atomic mass is 10.1. The van der Waals surface area contributed by atoms with Gasteiger partial charge in [-0.05, 0) is 66.8 Å². The maximum absolute atomic E-state index is 12.6. The van der Waals surface area contributed by atoms with Crippen molar-refractivity contribution in [1.82, 2.24) is 10.9 Å². The fourth-order valence-corrected chi connectivity index (χ4v) is 4.84. The lowest BCUT2D eigenvalue weighted by molar-refractivity contribution is 0.0945. The fraction of sp³-hybridized carbons (Fsp3) is 0.100. The number of anilines is 2. The van der Waals surface area contributed by atoms with Gasteiger partial charge in [-0.2, -0.15) is 0 Å². The van der Waals surface area contributed by atoms with Crippen molar-refractivity contribution in [3.63, 3.8) is 0 Å². The van der Waals surface area contributed by atoms with Gasteiger partial charge in [-0.25, -0.2) is 8.42 Å². The number of sulfonamides is 1. The zero-order valence-electron chi connectivity index (χ0n) is 16.2. The molecule has 0 atom stereocenters. The van der Waals surface area contributed by atoms with E-state index < -0.39 is 15.9 Å². The van der Waals surface area contributed by atoms with E-state index in [9.17, 15) is 13.2 Å². The molecular formula is C20H20N4O3S3. The molecule has 0 spiro atoms. The number of amides is 1. The molecule has 0 aliphatic carbocycles. The molecule has 156 valence electrons. The maximum atomic E-state index is 12.6. The molecule has 7 nitrogen and oxygen atoms in total. The summed E-state index contributed by atoms with van der Waals surface area (Å²) in [5.41, 5.74) is 8.42. The van der Waals surface area contributed by atoms with Crippen molar-refractivity contribution in [1.29, 1.82) is 0 Å². The van der Waals surface area contributed by atoms with Crippen LogP contribution in [0.15, 0.2) is 64.2 Å². The molecular weight excluding hydrogens is 440 g/mol. The van der Waals surface area contributed by atoms with E-state index in [0.29, 0.717) is 0 Å². The van der Waals surface area contributed by atoms with Gasteiger partial charge in [0.15, 0.2) is 5.11 Å². The number of hydrogen-bond acceptors (Lipinski definition) is 5. The van der Waals surface area contributed by atoms with E-state index in [0.717, 1.165) is 28.2 Å². The van der Waals surface area contributed by atoms with Gasteiger partial charge in [0, 0.05) is 5.69 Å². The Balaban J connectivity index is 1.67. The minimum Gasteiger partial charge on any atom is -0.331 e. The van der Waals surface area contributed by atoms with Crippen molar-refractivity contribution in [2.45, 2.75) is 18.1 Å². The number of carbonyl (C=O) groups is 1. The lowest BCUT2D eigenvalue weighted by Crippen LogP contribution is -2.44. The second-order valence-electron chi connectivity index (χ2n) is 6.36. The van der Waals surface area contributed by atoms with E-state index in [2.05, 4.69) is 20.9 Å². The van der Waals surface area contributed by atoms with Crippen molar-refractivity contribution in [2.75, 3.05) is 10.0 Å². The molecule has 2 aromatic carbocycles. The largest absolute Gasteiger partial charge is 0.331 e. The Morgan fingerprint density at radius 3 is 2.40 bits per heavy atom. The third-order valence-corrected chi connectivity index (χ3v) is 7.29. The monoisotopic (exact) mass is 460 g/mol. The third kappa shape index (κ3) is 5.15. The van der Waals surface area contributed by atoms with E-state index in [4.69, 9.17) is 12.2 Å². The topological polar surface area (TPSA) is 99.3 Å². The van der Waals surface area contributed by atoms with Crippen molar-refractivity contribution < 1.29 is 13.2 Å². The Kier molecular flexibility index (Phi) is 6.70. The molecule has 30 heavy (non-hydrogen) atoms. The highest BCUT2D eigenvalue weighted by molar-refractivity contribution is 7.94. The highest BCUT2D eigenvalue weighted by Crippen LogP contribution is 2.23. The molecule has 4 N–H and O–H groups in total. The lowest BCUT2D eigenvalue weighted by Gasteiger charge is -2.15. The Morgan fingerprint density at radius 2 is 1.67 bits per heavy atom. The van der Waals surface area contributed by atoms with Gasteiger partial charge in [0.1, 0.15) is 4.21 Å². The van der Waals surface area contributed by atoms with Crippen molar-refractivity contribution in [2.24, 2.45) is 0 Å². The zero-order valence-corrected chi connectivity index (χ0v) is 18.7. The van der Waals surface area contributed by atoms with Crippen molar-refractivity contribution in [3.05, 3.63) is 76.7 Å². The number of hydrazine groups is 1. The molecule has 0 aliphatic rings. The predicted octanol–water partition coefficient (Wildman–Crippen LogP) is 3.80. The summed E-state index contributed by atoms with van der Waals surface area (Å²) in [7, 11) is -3.78. The third-order valence-electron chi connectivity index (χ3n) is 4.32. The van der Waals surface area contributed by atoms with Gasteiger partial charge in [-0.15, -0.1) is 11.3 Å². The molecule has 1 aromatic heterocycles. The van der Waals surface area contributed by atoms with E-state index in [-0.39, 0.29) is 20.6 Å². The van der Waals surface area contributed by atoms with Crippen LogP contribution in [-0.4, -0.2) is 19.4 Å². The first-order valence-corrected chi connectivity index (χ1v) is 11.6. The van der Waals surface area contributed by atoms with Gasteiger partial charge in [-0.1, -0.05) is 30.3 Å². The van der Waals surface area contributed by atoms with Crippen LogP contribution < -0.4 is 20.9 Å². The zero-order chi connectivity index (χ0) is 21.7. The Bertz CT molecular complexity index is 1180. The van der Waals surface area contributed by atoms with Crippen LogP contribution in [0.25, 0.3) is 0 Å². The van der Waals surface area contributed by atoms with Crippen molar-refractivity contribution >= 4 is 56.0 Å². The first-order valence-electron chi connectivity index (χ1n) is 8.87. The van der Waals surface area contributed by atoms with Gasteiger partial charge >= 0.3 is 0 Å². The SMILES string of the molecule is Cc1cccc(NC(=S)NNC(=O)c2ccccc2NS(=O)(=O)c2cccs2)c1C. The fourth-order valence-electron chi connectivity index (χ4n) is 2.60. The van der Waals surface area contributed by atoms with E-state index >= 15 is 0 Å². The second kappa shape index (κ2) is 9.24. The van der Waals surface area contributed by atoms with Gasteiger partial charge in [0.2, 0.25) is 0 Å². The number of rotatable bonds is 5. The molecule has 1 amide bonds. The van der Waals surface area contributed by atoms with E-state index in [1.54, 1.807) is 23.6 Å². The summed E-state index contributed by atoms with van der Waals surface area (Å²) in [4.78, 5) is 12.6. The standard InChI is InChI=1S/C20H20N4O3S3/c1-13-7-5-10-16(14(13)2)21-20(28)23-22-19(25)15-8-3-4-9-17(15)24-30(26,27)18-11-6-12-29-18/h3-12,24H,1-2H3,(H,22,25)(H2,21,23,28). The number of thiophene rings is 1. The first-order chi connectivity index (χ1) is 14.3. The Hall–Kier alpha value is -2.95. The molecule has 0 bridgehead atoms. The summed E-state index contributed by atoms with van der Waals surface area (Å²) >= 11 is 6.33. The van der Waals surface area contributed by atoms with Crippen molar-refractivity contribution in [3.8, 4) is 0 Å². The Labute approximate surface area is 184 Å². The number of nitrogens with one attached hydrogen (secondary N) is 4. The number of para-hydroxylation sites is 1. The normalized spacial score (nSPS) is 10.9. The average Bonchev–Trinajstić information content (AvgIpc) is 3.26. The van der Waals surface area contributed by atoms with Crippen LogP contribution in [-0.2, 0) is 10.0 Å². The first kappa shape index (κ1) is 21.8. The average molecular weight is 461 g/mol. The molecule has 3 rings (SSSR count). The van der Waals surface area contributed by atoms with Crippen LogP contribution in [0.1, 0.15) is 21.5 Å².